The maximum Gasteiger partial charge on any atom is 0.413 e. The number of carboxylic acid groups (broad SMARTS) is 1. The topological polar surface area (TPSA) is 166 Å². The van der Waals surface area contributed by atoms with E-state index in [1.54, 1.807) is 78.9 Å². The predicted octanol–water partition coefficient (Wildman–Crippen LogP) is 6.22. The lowest BCUT2D eigenvalue weighted by atomic mass is 10.0. The number of carbonyl (C=O) groups excluding carboxylic acids is 3. The number of carboxylic acids is 1. The van der Waals surface area contributed by atoms with E-state index in [1.807, 2.05) is 0 Å². The van der Waals surface area contributed by atoms with Crippen molar-refractivity contribution in [3.63, 3.8) is 0 Å². The van der Waals surface area contributed by atoms with Crippen molar-refractivity contribution in [3.05, 3.63) is 47.8 Å². The second-order valence-electron chi connectivity index (χ2n) is 11.8. The Morgan fingerprint density at radius 2 is 1.20 bits per heavy atom. The predicted molar refractivity (Wildman–Crippen MR) is 172 cm³/mol. The second kappa shape index (κ2) is 17.1. The number of anilines is 2. The van der Waals surface area contributed by atoms with Crippen LogP contribution in [0.2, 0.25) is 0 Å². The smallest absolute Gasteiger partial charge is 0.413 e. The molecule has 44 heavy (non-hydrogen) atoms. The van der Waals surface area contributed by atoms with Crippen molar-refractivity contribution in [2.24, 2.45) is 11.8 Å². The van der Waals surface area contributed by atoms with Crippen LogP contribution < -0.4 is 10.6 Å². The Balaban J connectivity index is 1.90. The summed E-state index contributed by atoms with van der Waals surface area (Å²) in [6.07, 6.45) is 2.49. The number of aromatic nitrogens is 2. The average Bonchev–Trinajstić information content (AvgIpc) is 2.89. The van der Waals surface area contributed by atoms with E-state index in [0.29, 0.717) is 35.1 Å². The SMILES string of the molecule is CCOC(=O)C(CSSCC(Cc1ccc(NC(=O)OC(C)(C)C)nc1)C(=O)O)Cc1ccc(NC(=O)OC(C)(C)C)nc1. The fraction of sp³-hybridized carbons (Fsp3) is 0.533. The van der Waals surface area contributed by atoms with E-state index < -0.39 is 41.2 Å². The molecule has 0 aliphatic heterocycles. The zero-order chi connectivity index (χ0) is 32.9. The van der Waals surface area contributed by atoms with Gasteiger partial charge in [0.25, 0.3) is 0 Å². The molecular formula is C30H42N4O8S2. The van der Waals surface area contributed by atoms with Gasteiger partial charge in [-0.15, -0.1) is 0 Å². The van der Waals surface area contributed by atoms with Crippen molar-refractivity contribution < 1.29 is 38.5 Å². The molecule has 2 rings (SSSR count). The molecule has 0 radical (unpaired) electrons. The normalized spacial score (nSPS) is 12.9. The lowest BCUT2D eigenvalue weighted by molar-refractivity contribution is -0.147. The summed E-state index contributed by atoms with van der Waals surface area (Å²) in [6.45, 7) is 12.5. The van der Waals surface area contributed by atoms with E-state index in [0.717, 1.165) is 5.56 Å². The van der Waals surface area contributed by atoms with Gasteiger partial charge in [0.2, 0.25) is 0 Å². The summed E-state index contributed by atoms with van der Waals surface area (Å²) in [5.74, 6) is -1.12. The van der Waals surface area contributed by atoms with E-state index >= 15 is 0 Å². The van der Waals surface area contributed by atoms with Crippen molar-refractivity contribution >= 4 is 57.3 Å². The monoisotopic (exact) mass is 650 g/mol. The molecule has 0 saturated carbocycles. The molecule has 0 aliphatic carbocycles. The molecule has 0 saturated heterocycles. The average molecular weight is 651 g/mol. The Morgan fingerprint density at radius 3 is 1.57 bits per heavy atom. The third-order valence-corrected chi connectivity index (χ3v) is 8.02. The first-order valence-electron chi connectivity index (χ1n) is 14.1. The van der Waals surface area contributed by atoms with Gasteiger partial charge in [0.05, 0.1) is 18.4 Å². The maximum absolute atomic E-state index is 12.7. The molecule has 14 heteroatoms. The largest absolute Gasteiger partial charge is 0.481 e. The minimum absolute atomic E-state index is 0.241. The number of aliphatic carboxylic acids is 1. The first-order chi connectivity index (χ1) is 20.5. The number of nitrogens with zero attached hydrogens (tertiary/aromatic N) is 2. The summed E-state index contributed by atoms with van der Waals surface area (Å²) < 4.78 is 15.7. The molecule has 0 aromatic carbocycles. The van der Waals surface area contributed by atoms with Gasteiger partial charge in [-0.3, -0.25) is 20.2 Å². The number of hydrogen-bond acceptors (Lipinski definition) is 11. The van der Waals surface area contributed by atoms with Gasteiger partial charge >= 0.3 is 24.1 Å². The van der Waals surface area contributed by atoms with Gasteiger partial charge in [-0.25, -0.2) is 19.6 Å². The molecule has 2 atom stereocenters. The number of carbonyl (C=O) groups is 4. The minimum atomic E-state index is -0.942. The van der Waals surface area contributed by atoms with Crippen LogP contribution in [0.25, 0.3) is 0 Å². The molecule has 0 fully saturated rings. The van der Waals surface area contributed by atoms with Gasteiger partial charge in [-0.05, 0) is 84.6 Å². The molecule has 2 amide bonds. The Labute approximate surface area is 266 Å². The molecule has 0 bridgehead atoms. The van der Waals surface area contributed by atoms with Gasteiger partial charge in [0.1, 0.15) is 22.8 Å². The summed E-state index contributed by atoms with van der Waals surface area (Å²) in [7, 11) is 2.77. The van der Waals surface area contributed by atoms with Crippen LogP contribution in [0.15, 0.2) is 36.7 Å². The summed E-state index contributed by atoms with van der Waals surface area (Å²) in [5.41, 5.74) is 0.209. The first kappa shape index (κ1) is 36.7. The summed E-state index contributed by atoms with van der Waals surface area (Å²) in [4.78, 5) is 57.0. The van der Waals surface area contributed by atoms with Crippen LogP contribution in [0.3, 0.4) is 0 Å². The molecule has 2 heterocycles. The fourth-order valence-electron chi connectivity index (χ4n) is 3.57. The molecule has 2 unspecified atom stereocenters. The van der Waals surface area contributed by atoms with Crippen molar-refractivity contribution in [1.82, 2.24) is 9.97 Å². The Bertz CT molecular complexity index is 1250. The summed E-state index contributed by atoms with van der Waals surface area (Å²) >= 11 is 0. The standard InChI is InChI=1S/C30H42N4O8S2/c1-8-40-26(37)22(14-20-10-12-24(32-16-20)34-28(39)42-30(5,6)7)18-44-43-17-21(25(35)36)13-19-9-11-23(31-15-19)33-27(38)41-29(2,3)4/h9-12,15-16,21-22H,8,13-14,17-18H2,1-7H3,(H,35,36)(H,31,33,38)(H,32,34,39). The molecule has 0 spiro atoms. The van der Waals surface area contributed by atoms with Crippen molar-refractivity contribution in [2.75, 3.05) is 28.7 Å². The van der Waals surface area contributed by atoms with Gasteiger partial charge in [-0.2, -0.15) is 0 Å². The number of rotatable bonds is 14. The van der Waals surface area contributed by atoms with Crippen molar-refractivity contribution in [3.8, 4) is 0 Å². The number of nitrogens with one attached hydrogen (secondary N) is 2. The number of pyridine rings is 2. The van der Waals surface area contributed by atoms with Crippen LogP contribution in [0.5, 0.6) is 0 Å². The molecular weight excluding hydrogens is 608 g/mol. The molecule has 12 nitrogen and oxygen atoms in total. The lowest BCUT2D eigenvalue weighted by Gasteiger charge is -2.19. The molecule has 2 aromatic rings. The van der Waals surface area contributed by atoms with Crippen LogP contribution in [-0.4, -0.2) is 68.5 Å². The van der Waals surface area contributed by atoms with E-state index in [2.05, 4.69) is 20.6 Å². The highest BCUT2D eigenvalue weighted by molar-refractivity contribution is 8.76. The van der Waals surface area contributed by atoms with Gasteiger partial charge in [0, 0.05) is 23.9 Å². The fourth-order valence-corrected chi connectivity index (χ4v) is 6.17. The van der Waals surface area contributed by atoms with E-state index in [4.69, 9.17) is 14.2 Å². The van der Waals surface area contributed by atoms with E-state index in [1.165, 1.54) is 27.8 Å². The van der Waals surface area contributed by atoms with Crippen LogP contribution >= 0.6 is 21.6 Å². The van der Waals surface area contributed by atoms with E-state index in [-0.39, 0.29) is 19.0 Å². The zero-order valence-corrected chi connectivity index (χ0v) is 27.8. The van der Waals surface area contributed by atoms with Gasteiger partial charge in [0.15, 0.2) is 0 Å². The van der Waals surface area contributed by atoms with Crippen LogP contribution in [0, 0.1) is 11.8 Å². The van der Waals surface area contributed by atoms with Crippen molar-refractivity contribution in [1.29, 1.82) is 0 Å². The maximum atomic E-state index is 12.7. The van der Waals surface area contributed by atoms with Crippen LogP contribution in [0.1, 0.15) is 59.6 Å². The van der Waals surface area contributed by atoms with E-state index in [9.17, 15) is 24.3 Å². The van der Waals surface area contributed by atoms with Gasteiger partial charge < -0.3 is 19.3 Å². The summed E-state index contributed by atoms with van der Waals surface area (Å²) in [6, 6.07) is 6.72. The highest BCUT2D eigenvalue weighted by atomic mass is 33.1. The second-order valence-corrected chi connectivity index (χ2v) is 14.4. The number of esters is 1. The van der Waals surface area contributed by atoms with Gasteiger partial charge in [-0.1, -0.05) is 33.7 Å². The molecule has 2 aromatic heterocycles. The highest BCUT2D eigenvalue weighted by Gasteiger charge is 2.24. The molecule has 0 aliphatic rings. The third kappa shape index (κ3) is 14.8. The highest BCUT2D eigenvalue weighted by Crippen LogP contribution is 2.29. The Kier molecular flexibility index (Phi) is 14.2. The van der Waals surface area contributed by atoms with Crippen LogP contribution in [0.4, 0.5) is 21.2 Å². The number of ether oxygens (including phenoxy) is 3. The number of amides is 2. The third-order valence-electron chi connectivity index (χ3n) is 5.46. The Hall–Kier alpha value is -3.52. The minimum Gasteiger partial charge on any atom is -0.481 e. The quantitative estimate of drug-likeness (QED) is 0.0916. The van der Waals surface area contributed by atoms with Crippen LogP contribution in [-0.2, 0) is 36.6 Å². The Morgan fingerprint density at radius 1 is 0.773 bits per heavy atom. The zero-order valence-electron chi connectivity index (χ0n) is 26.2. The number of hydrogen-bond donors (Lipinski definition) is 3. The molecule has 3 N–H and O–H groups in total. The molecule has 242 valence electrons. The summed E-state index contributed by atoms with van der Waals surface area (Å²) in [5, 5.41) is 14.9. The lowest BCUT2D eigenvalue weighted by Crippen LogP contribution is -2.27. The van der Waals surface area contributed by atoms with Crippen molar-refractivity contribution in [2.45, 2.75) is 72.5 Å². The first-order valence-corrected chi connectivity index (χ1v) is 16.6.